The van der Waals surface area contributed by atoms with Crippen LogP contribution in [0.3, 0.4) is 0 Å². The van der Waals surface area contributed by atoms with Crippen molar-refractivity contribution in [3.05, 3.63) is 54.2 Å². The molecule has 8 heteroatoms. The molecule has 3 aromatic rings. The molecule has 0 aliphatic rings. The molecule has 0 aliphatic carbocycles. The third kappa shape index (κ3) is 2.62. The van der Waals surface area contributed by atoms with Crippen LogP contribution >= 0.6 is 0 Å². The van der Waals surface area contributed by atoms with Crippen LogP contribution in [0.1, 0.15) is 5.56 Å². The van der Waals surface area contributed by atoms with Crippen molar-refractivity contribution in [3.8, 4) is 17.2 Å². The van der Waals surface area contributed by atoms with Gasteiger partial charge in [0.2, 0.25) is 11.8 Å². The van der Waals surface area contributed by atoms with Crippen LogP contribution in [0.4, 0.5) is 19.1 Å². The van der Waals surface area contributed by atoms with E-state index in [1.165, 1.54) is 16.8 Å². The summed E-state index contributed by atoms with van der Waals surface area (Å²) in [6.45, 7) is 0. The molecule has 0 saturated heterocycles. The zero-order valence-corrected chi connectivity index (χ0v) is 11.1. The number of aromatic nitrogens is 4. The van der Waals surface area contributed by atoms with Crippen molar-refractivity contribution >= 4 is 5.95 Å². The third-order valence-electron chi connectivity index (χ3n) is 2.97. The molecule has 2 aromatic heterocycles. The van der Waals surface area contributed by atoms with Crippen molar-refractivity contribution < 1.29 is 13.2 Å². The number of nitrogens with zero attached hydrogens (tertiary/aromatic N) is 4. The van der Waals surface area contributed by atoms with E-state index < -0.39 is 11.7 Å². The monoisotopic (exact) mass is 305 g/mol. The van der Waals surface area contributed by atoms with Crippen molar-refractivity contribution in [2.24, 2.45) is 0 Å². The number of benzene rings is 1. The van der Waals surface area contributed by atoms with E-state index >= 15 is 0 Å². The molecule has 0 fully saturated rings. The summed E-state index contributed by atoms with van der Waals surface area (Å²) in [5.41, 5.74) is 5.95. The molecule has 112 valence electrons. The minimum atomic E-state index is -4.38. The van der Waals surface area contributed by atoms with E-state index in [-0.39, 0.29) is 5.95 Å². The van der Waals surface area contributed by atoms with Crippen LogP contribution in [0, 0.1) is 0 Å². The molecule has 1 aromatic carbocycles. The molecular weight excluding hydrogens is 295 g/mol. The first kappa shape index (κ1) is 14.1. The highest BCUT2D eigenvalue weighted by Gasteiger charge is 2.30. The fourth-order valence-electron chi connectivity index (χ4n) is 1.91. The Labute approximate surface area is 123 Å². The Hall–Kier alpha value is -2.90. The lowest BCUT2D eigenvalue weighted by Gasteiger charge is -2.07. The van der Waals surface area contributed by atoms with Crippen LogP contribution in [0.5, 0.6) is 0 Å². The van der Waals surface area contributed by atoms with Gasteiger partial charge < -0.3 is 5.73 Å². The van der Waals surface area contributed by atoms with Crippen LogP contribution in [0.15, 0.2) is 48.7 Å². The van der Waals surface area contributed by atoms with Gasteiger partial charge in [-0.25, -0.2) is 0 Å². The van der Waals surface area contributed by atoms with Gasteiger partial charge in [-0.1, -0.05) is 6.07 Å². The Bertz CT molecular complexity index is 778. The number of halogens is 3. The summed E-state index contributed by atoms with van der Waals surface area (Å²) in [4.78, 5) is 8.17. The summed E-state index contributed by atoms with van der Waals surface area (Å²) >= 11 is 0. The molecule has 22 heavy (non-hydrogen) atoms. The number of alkyl halides is 3. The van der Waals surface area contributed by atoms with Gasteiger partial charge in [0.1, 0.15) is 5.69 Å². The van der Waals surface area contributed by atoms with Gasteiger partial charge in [0, 0.05) is 6.20 Å². The van der Waals surface area contributed by atoms with E-state index in [0.29, 0.717) is 17.2 Å². The van der Waals surface area contributed by atoms with Gasteiger partial charge in [-0.05, 0) is 36.4 Å². The number of hydrogen-bond donors (Lipinski definition) is 1. The second-order valence-corrected chi connectivity index (χ2v) is 4.47. The van der Waals surface area contributed by atoms with Gasteiger partial charge in [0.25, 0.3) is 0 Å². The number of rotatable bonds is 2. The Morgan fingerprint density at radius 2 is 1.73 bits per heavy atom. The summed E-state index contributed by atoms with van der Waals surface area (Å²) in [6, 6.07) is 9.75. The normalized spacial score (nSPS) is 11.6. The Balaban J connectivity index is 1.98. The third-order valence-corrected chi connectivity index (χ3v) is 2.97. The molecule has 2 heterocycles. The summed E-state index contributed by atoms with van der Waals surface area (Å²) in [6.07, 6.45) is -2.80. The number of nitrogens with two attached hydrogens (primary N) is 1. The minimum Gasteiger partial charge on any atom is -0.368 e. The highest BCUT2D eigenvalue weighted by atomic mass is 19.4. The topological polar surface area (TPSA) is 69.6 Å². The lowest BCUT2D eigenvalue weighted by atomic mass is 10.2. The van der Waals surface area contributed by atoms with Crippen LogP contribution in [0.25, 0.3) is 17.2 Å². The van der Waals surface area contributed by atoms with Crippen LogP contribution in [-0.2, 0) is 6.18 Å². The smallest absolute Gasteiger partial charge is 0.368 e. The predicted molar refractivity (Wildman–Crippen MR) is 74.0 cm³/mol. The number of pyridine rings is 1. The first-order valence-corrected chi connectivity index (χ1v) is 6.27. The van der Waals surface area contributed by atoms with Gasteiger partial charge in [-0.3, -0.25) is 4.98 Å². The molecule has 2 N–H and O–H groups in total. The minimum absolute atomic E-state index is 0.0698. The maximum atomic E-state index is 12.6. The Kier molecular flexibility index (Phi) is 3.28. The van der Waals surface area contributed by atoms with Crippen LogP contribution in [-0.4, -0.2) is 19.7 Å². The zero-order chi connectivity index (χ0) is 15.7. The van der Waals surface area contributed by atoms with Gasteiger partial charge in [-0.2, -0.15) is 22.8 Å². The highest BCUT2D eigenvalue weighted by molar-refractivity contribution is 5.52. The maximum absolute atomic E-state index is 12.6. The maximum Gasteiger partial charge on any atom is 0.416 e. The molecule has 0 saturated carbocycles. The van der Waals surface area contributed by atoms with Crippen molar-refractivity contribution in [2.75, 3.05) is 5.73 Å². The molecular formula is C14H10F3N5. The average molecular weight is 305 g/mol. The first-order valence-electron chi connectivity index (χ1n) is 6.27. The number of nitrogen functional groups attached to an aromatic ring is 1. The second kappa shape index (κ2) is 5.14. The average Bonchev–Trinajstić information content (AvgIpc) is 2.89. The fourth-order valence-corrected chi connectivity index (χ4v) is 1.91. The Morgan fingerprint density at radius 1 is 1.00 bits per heavy atom. The van der Waals surface area contributed by atoms with E-state index in [0.717, 1.165) is 12.1 Å². The lowest BCUT2D eigenvalue weighted by Crippen LogP contribution is -2.06. The predicted octanol–water partition coefficient (Wildman–Crippen LogP) is 2.93. The summed E-state index contributed by atoms with van der Waals surface area (Å²) in [5.74, 6) is 0.374. The van der Waals surface area contributed by atoms with Gasteiger partial charge >= 0.3 is 6.18 Å². The summed E-state index contributed by atoms with van der Waals surface area (Å²) in [5, 5.41) is 4.18. The highest BCUT2D eigenvalue weighted by Crippen LogP contribution is 2.29. The standard InChI is InChI=1S/C14H10F3N5/c15-14(16,17)9-4-6-10(7-5-9)22-13(18)20-12(21-22)11-3-1-2-8-19-11/h1-8H,(H2,18,20,21). The fraction of sp³-hybridized carbons (Fsp3) is 0.0714. The lowest BCUT2D eigenvalue weighted by molar-refractivity contribution is -0.137. The van der Waals surface area contributed by atoms with Crippen LogP contribution in [0.2, 0.25) is 0 Å². The molecule has 0 amide bonds. The largest absolute Gasteiger partial charge is 0.416 e. The van der Waals surface area contributed by atoms with Crippen molar-refractivity contribution in [1.82, 2.24) is 19.7 Å². The molecule has 0 atom stereocenters. The van der Waals surface area contributed by atoms with Crippen molar-refractivity contribution in [1.29, 1.82) is 0 Å². The van der Waals surface area contributed by atoms with Gasteiger partial charge in [0.15, 0.2) is 0 Å². The molecule has 3 rings (SSSR count). The van der Waals surface area contributed by atoms with E-state index in [2.05, 4.69) is 15.1 Å². The van der Waals surface area contributed by atoms with Gasteiger partial charge in [-0.15, -0.1) is 5.10 Å². The van der Waals surface area contributed by atoms with Crippen molar-refractivity contribution in [2.45, 2.75) is 6.18 Å². The molecule has 0 bridgehead atoms. The van der Waals surface area contributed by atoms with E-state index in [1.807, 2.05) is 0 Å². The summed E-state index contributed by atoms with van der Waals surface area (Å²) in [7, 11) is 0. The van der Waals surface area contributed by atoms with E-state index in [9.17, 15) is 13.2 Å². The zero-order valence-electron chi connectivity index (χ0n) is 11.1. The number of anilines is 1. The van der Waals surface area contributed by atoms with Gasteiger partial charge in [0.05, 0.1) is 11.3 Å². The molecule has 0 unspecified atom stereocenters. The summed E-state index contributed by atoms with van der Waals surface area (Å²) < 4.78 is 38.9. The Morgan fingerprint density at radius 3 is 2.32 bits per heavy atom. The molecule has 5 nitrogen and oxygen atoms in total. The molecule has 0 aliphatic heterocycles. The first-order chi connectivity index (χ1) is 10.4. The molecule has 0 spiro atoms. The SMILES string of the molecule is Nc1nc(-c2ccccn2)nn1-c1ccc(C(F)(F)F)cc1. The van der Waals surface area contributed by atoms with E-state index in [1.54, 1.807) is 24.4 Å². The molecule has 0 radical (unpaired) electrons. The van der Waals surface area contributed by atoms with Crippen molar-refractivity contribution in [3.63, 3.8) is 0 Å². The van der Waals surface area contributed by atoms with E-state index in [4.69, 9.17) is 5.73 Å². The number of hydrogen-bond acceptors (Lipinski definition) is 4. The quantitative estimate of drug-likeness (QED) is 0.790. The second-order valence-electron chi connectivity index (χ2n) is 4.47. The van der Waals surface area contributed by atoms with Crippen LogP contribution < -0.4 is 5.73 Å².